The molecule has 0 aliphatic carbocycles. The molecule has 6 heteroatoms. The van der Waals surface area contributed by atoms with Crippen LogP contribution in [0.3, 0.4) is 0 Å². The smallest absolute Gasteiger partial charge is 0.411 e. The highest BCUT2D eigenvalue weighted by molar-refractivity contribution is 5.92. The maximum atomic E-state index is 11.3. The Hall–Kier alpha value is -2.08. The van der Waals surface area contributed by atoms with E-state index < -0.39 is 6.09 Å². The van der Waals surface area contributed by atoms with Gasteiger partial charge in [0, 0.05) is 11.4 Å². The summed E-state index contributed by atoms with van der Waals surface area (Å²) < 4.78 is 4.74. The molecule has 0 radical (unpaired) electrons. The first-order valence-corrected chi connectivity index (χ1v) is 5.64. The van der Waals surface area contributed by atoms with E-state index in [4.69, 9.17) is 4.74 Å². The van der Waals surface area contributed by atoms with Gasteiger partial charge in [-0.15, -0.1) is 0 Å². The van der Waals surface area contributed by atoms with Crippen molar-refractivity contribution in [3.63, 3.8) is 0 Å². The van der Waals surface area contributed by atoms with E-state index >= 15 is 0 Å². The van der Waals surface area contributed by atoms with E-state index in [0.29, 0.717) is 18.0 Å². The second-order valence-electron chi connectivity index (χ2n) is 3.50. The maximum absolute atomic E-state index is 11.3. The molecule has 0 unspecified atom stereocenters. The molecular weight excluding hydrogens is 234 g/mol. The van der Waals surface area contributed by atoms with Crippen molar-refractivity contribution in [1.29, 1.82) is 0 Å². The third-order valence-electron chi connectivity index (χ3n) is 2.03. The third kappa shape index (κ3) is 4.84. The second-order valence-corrected chi connectivity index (χ2v) is 3.50. The first-order valence-electron chi connectivity index (χ1n) is 5.64. The van der Waals surface area contributed by atoms with Gasteiger partial charge >= 0.3 is 6.09 Å². The molecule has 0 atom stereocenters. The van der Waals surface area contributed by atoms with Gasteiger partial charge in [0.05, 0.1) is 13.2 Å². The van der Waals surface area contributed by atoms with E-state index in [1.54, 1.807) is 38.2 Å². The van der Waals surface area contributed by atoms with Crippen LogP contribution in [0.25, 0.3) is 0 Å². The Morgan fingerprint density at radius 1 is 1.11 bits per heavy atom. The number of hydrogen-bond acceptors (Lipinski definition) is 4. The largest absolute Gasteiger partial charge is 0.450 e. The lowest BCUT2D eigenvalue weighted by Crippen LogP contribution is -2.25. The lowest BCUT2D eigenvalue weighted by molar-refractivity contribution is -0.115. The molecule has 0 aromatic heterocycles. The summed E-state index contributed by atoms with van der Waals surface area (Å²) in [6.45, 7) is 2.31. The van der Waals surface area contributed by atoms with Crippen molar-refractivity contribution in [3.8, 4) is 0 Å². The van der Waals surface area contributed by atoms with Gasteiger partial charge in [-0.1, -0.05) is 0 Å². The summed E-state index contributed by atoms with van der Waals surface area (Å²) in [5, 5.41) is 8.02. The van der Waals surface area contributed by atoms with Gasteiger partial charge in [0.1, 0.15) is 0 Å². The van der Waals surface area contributed by atoms with Gasteiger partial charge in [-0.05, 0) is 38.2 Å². The zero-order valence-corrected chi connectivity index (χ0v) is 10.4. The number of benzene rings is 1. The Bertz CT molecular complexity index is 365. The number of rotatable bonds is 5. The van der Waals surface area contributed by atoms with Crippen LogP contribution in [0.15, 0.2) is 24.3 Å². The summed E-state index contributed by atoms with van der Waals surface area (Å²) in [5.41, 5.74) is 1.28. The average molecular weight is 251 g/mol. The van der Waals surface area contributed by atoms with Gasteiger partial charge in [-0.2, -0.15) is 0 Å². The molecule has 1 rings (SSSR count). The highest BCUT2D eigenvalue weighted by Gasteiger charge is 2.03. The molecule has 1 aromatic rings. The SMILES string of the molecule is CCOC(=O)Nc1ccc(NC(=O)CNC)cc1. The molecule has 0 spiro atoms. The number of anilines is 2. The van der Waals surface area contributed by atoms with Gasteiger partial charge in [-0.3, -0.25) is 10.1 Å². The minimum absolute atomic E-state index is 0.122. The fourth-order valence-corrected chi connectivity index (χ4v) is 1.29. The van der Waals surface area contributed by atoms with Gasteiger partial charge in [-0.25, -0.2) is 4.79 Å². The van der Waals surface area contributed by atoms with Crippen molar-refractivity contribution in [2.45, 2.75) is 6.92 Å². The molecule has 0 heterocycles. The van der Waals surface area contributed by atoms with Crippen LogP contribution < -0.4 is 16.0 Å². The van der Waals surface area contributed by atoms with E-state index in [1.165, 1.54) is 0 Å². The van der Waals surface area contributed by atoms with Crippen LogP contribution in [0.5, 0.6) is 0 Å². The van der Waals surface area contributed by atoms with E-state index in [1.807, 2.05) is 0 Å². The van der Waals surface area contributed by atoms with Gasteiger partial charge in [0.15, 0.2) is 0 Å². The maximum Gasteiger partial charge on any atom is 0.411 e. The monoisotopic (exact) mass is 251 g/mol. The van der Waals surface area contributed by atoms with Gasteiger partial charge in [0.2, 0.25) is 5.91 Å². The Balaban J connectivity index is 2.52. The standard InChI is InChI=1S/C12H17N3O3/c1-3-18-12(17)15-10-6-4-9(5-7-10)14-11(16)8-13-2/h4-7,13H,3,8H2,1-2H3,(H,14,16)(H,15,17). The van der Waals surface area contributed by atoms with E-state index in [-0.39, 0.29) is 12.5 Å². The summed E-state index contributed by atoms with van der Waals surface area (Å²) in [7, 11) is 1.70. The molecule has 1 aromatic carbocycles. The average Bonchev–Trinajstić information content (AvgIpc) is 2.32. The lowest BCUT2D eigenvalue weighted by atomic mass is 10.3. The summed E-state index contributed by atoms with van der Waals surface area (Å²) in [6.07, 6.45) is -0.496. The zero-order chi connectivity index (χ0) is 13.4. The van der Waals surface area contributed by atoms with Crippen molar-refractivity contribution < 1.29 is 14.3 Å². The molecule has 0 saturated heterocycles. The Morgan fingerprint density at radius 2 is 1.67 bits per heavy atom. The predicted octanol–water partition coefficient (Wildman–Crippen LogP) is 1.41. The highest BCUT2D eigenvalue weighted by atomic mass is 16.5. The first kappa shape index (κ1) is 14.0. The van der Waals surface area contributed by atoms with E-state index in [2.05, 4.69) is 16.0 Å². The van der Waals surface area contributed by atoms with Crippen molar-refractivity contribution in [1.82, 2.24) is 5.32 Å². The lowest BCUT2D eigenvalue weighted by Gasteiger charge is -2.07. The molecule has 0 saturated carbocycles. The highest BCUT2D eigenvalue weighted by Crippen LogP contribution is 2.13. The molecule has 0 fully saturated rings. The third-order valence-corrected chi connectivity index (χ3v) is 2.03. The Labute approximate surface area is 106 Å². The number of carbonyl (C=O) groups excluding carboxylic acids is 2. The fourth-order valence-electron chi connectivity index (χ4n) is 1.29. The summed E-state index contributed by atoms with van der Waals surface area (Å²) in [6, 6.07) is 6.78. The minimum atomic E-state index is -0.496. The summed E-state index contributed by atoms with van der Waals surface area (Å²) in [4.78, 5) is 22.4. The molecular formula is C12H17N3O3. The Morgan fingerprint density at radius 3 is 2.17 bits per heavy atom. The molecule has 0 aliphatic heterocycles. The van der Waals surface area contributed by atoms with Crippen molar-refractivity contribution in [2.24, 2.45) is 0 Å². The van der Waals surface area contributed by atoms with Gasteiger partial charge in [0.25, 0.3) is 0 Å². The quantitative estimate of drug-likeness (QED) is 0.739. The Kier molecular flexibility index (Phi) is 5.66. The van der Waals surface area contributed by atoms with Crippen molar-refractivity contribution >= 4 is 23.4 Å². The van der Waals surface area contributed by atoms with E-state index in [9.17, 15) is 9.59 Å². The fraction of sp³-hybridized carbons (Fsp3) is 0.333. The number of likely N-dealkylation sites (N-methyl/N-ethyl adjacent to an activating group) is 1. The number of ether oxygens (including phenoxy) is 1. The second kappa shape index (κ2) is 7.29. The summed E-state index contributed by atoms with van der Waals surface area (Å²) >= 11 is 0. The minimum Gasteiger partial charge on any atom is -0.450 e. The van der Waals surface area contributed by atoms with Crippen LogP contribution in [0.2, 0.25) is 0 Å². The van der Waals surface area contributed by atoms with Crippen LogP contribution in [0.1, 0.15) is 6.92 Å². The van der Waals surface area contributed by atoms with Crippen LogP contribution in [0.4, 0.5) is 16.2 Å². The number of amides is 2. The number of carbonyl (C=O) groups is 2. The molecule has 6 nitrogen and oxygen atoms in total. The molecule has 0 aliphatic rings. The molecule has 18 heavy (non-hydrogen) atoms. The van der Waals surface area contributed by atoms with Crippen LogP contribution in [0, 0.1) is 0 Å². The predicted molar refractivity (Wildman–Crippen MR) is 69.6 cm³/mol. The molecule has 98 valence electrons. The van der Waals surface area contributed by atoms with E-state index in [0.717, 1.165) is 0 Å². The van der Waals surface area contributed by atoms with Crippen LogP contribution in [-0.4, -0.2) is 32.2 Å². The molecule has 0 bridgehead atoms. The summed E-state index contributed by atoms with van der Waals surface area (Å²) in [5.74, 6) is -0.122. The van der Waals surface area contributed by atoms with Crippen LogP contribution in [-0.2, 0) is 9.53 Å². The van der Waals surface area contributed by atoms with Gasteiger partial charge < -0.3 is 15.4 Å². The molecule has 2 amide bonds. The topological polar surface area (TPSA) is 79.5 Å². The van der Waals surface area contributed by atoms with Crippen molar-refractivity contribution in [2.75, 3.05) is 30.8 Å². The zero-order valence-electron chi connectivity index (χ0n) is 10.4. The van der Waals surface area contributed by atoms with Crippen LogP contribution >= 0.6 is 0 Å². The number of nitrogens with one attached hydrogen (secondary N) is 3. The normalized spacial score (nSPS) is 9.67. The van der Waals surface area contributed by atoms with Crippen molar-refractivity contribution in [3.05, 3.63) is 24.3 Å². The first-order chi connectivity index (χ1) is 8.65. The number of hydrogen-bond donors (Lipinski definition) is 3. The molecule has 3 N–H and O–H groups in total.